The van der Waals surface area contributed by atoms with Crippen molar-refractivity contribution in [3.8, 4) is 0 Å². The van der Waals surface area contributed by atoms with Crippen LogP contribution in [0, 0.1) is 0 Å². The van der Waals surface area contributed by atoms with E-state index in [0.717, 1.165) is 26.2 Å². The first-order chi connectivity index (χ1) is 5.43. The van der Waals surface area contributed by atoms with E-state index in [-0.39, 0.29) is 0 Å². The second kappa shape index (κ2) is 4.91. The maximum atomic E-state index is 5.30. The predicted molar refractivity (Wildman–Crippen MR) is 43.3 cm³/mol. The summed E-state index contributed by atoms with van der Waals surface area (Å²) < 4.78 is 7.17. The van der Waals surface area contributed by atoms with E-state index in [1.54, 1.807) is 6.20 Å². The largest absolute Gasteiger partial charge is 0.380 e. The smallest absolute Gasteiger partial charge is 0.0662 e. The quantitative estimate of drug-likeness (QED) is 0.598. The molecule has 0 amide bonds. The van der Waals surface area contributed by atoms with Crippen molar-refractivity contribution in [1.29, 1.82) is 0 Å². The number of ether oxygens (including phenoxy) is 1. The highest BCUT2D eigenvalue weighted by molar-refractivity contribution is 4.77. The van der Waals surface area contributed by atoms with Gasteiger partial charge in [0.1, 0.15) is 0 Å². The second-order valence-corrected chi connectivity index (χ2v) is 2.38. The van der Waals surface area contributed by atoms with E-state index < -0.39 is 0 Å². The third kappa shape index (κ3) is 3.18. The molecule has 0 fully saturated rings. The lowest BCUT2D eigenvalue weighted by molar-refractivity contribution is 0.124. The van der Waals surface area contributed by atoms with E-state index >= 15 is 0 Å². The molecule has 0 saturated carbocycles. The Morgan fingerprint density at radius 2 is 2.36 bits per heavy atom. The highest BCUT2D eigenvalue weighted by Gasteiger charge is 1.88. The molecule has 0 aliphatic rings. The summed E-state index contributed by atoms with van der Waals surface area (Å²) in [6.45, 7) is 4.57. The molecule has 0 radical (unpaired) electrons. The molecule has 11 heavy (non-hydrogen) atoms. The maximum absolute atomic E-state index is 5.30. The van der Waals surface area contributed by atoms with Crippen molar-refractivity contribution in [2.24, 2.45) is 0 Å². The van der Waals surface area contributed by atoms with Crippen LogP contribution in [0.1, 0.15) is 13.3 Å². The van der Waals surface area contributed by atoms with E-state index in [1.165, 1.54) is 0 Å². The Balaban J connectivity index is 2.04. The summed E-state index contributed by atoms with van der Waals surface area (Å²) in [6, 6.07) is 1.92. The van der Waals surface area contributed by atoms with Crippen LogP contribution in [0.2, 0.25) is 0 Å². The molecule has 0 atom stereocenters. The summed E-state index contributed by atoms with van der Waals surface area (Å²) in [7, 11) is 0. The Bertz CT molecular complexity index is 172. The van der Waals surface area contributed by atoms with E-state index in [0.29, 0.717) is 0 Å². The molecule has 0 spiro atoms. The van der Waals surface area contributed by atoms with Crippen LogP contribution in [0.4, 0.5) is 0 Å². The zero-order chi connectivity index (χ0) is 7.94. The maximum Gasteiger partial charge on any atom is 0.0662 e. The van der Waals surface area contributed by atoms with Crippen molar-refractivity contribution in [3.05, 3.63) is 18.5 Å². The number of rotatable bonds is 5. The first kappa shape index (κ1) is 8.27. The van der Waals surface area contributed by atoms with Crippen molar-refractivity contribution in [2.75, 3.05) is 13.2 Å². The third-order valence-electron chi connectivity index (χ3n) is 1.37. The van der Waals surface area contributed by atoms with Crippen molar-refractivity contribution >= 4 is 0 Å². The zero-order valence-electron chi connectivity index (χ0n) is 6.86. The van der Waals surface area contributed by atoms with Crippen LogP contribution in [-0.4, -0.2) is 23.0 Å². The van der Waals surface area contributed by atoms with Crippen molar-refractivity contribution < 1.29 is 4.74 Å². The molecule has 1 rings (SSSR count). The Morgan fingerprint density at radius 1 is 1.45 bits per heavy atom. The van der Waals surface area contributed by atoms with Gasteiger partial charge in [-0.1, -0.05) is 6.92 Å². The zero-order valence-corrected chi connectivity index (χ0v) is 6.86. The molecular weight excluding hydrogens is 140 g/mol. The molecule has 0 bridgehead atoms. The Kier molecular flexibility index (Phi) is 3.69. The fourth-order valence-corrected chi connectivity index (χ4v) is 0.837. The van der Waals surface area contributed by atoms with Gasteiger partial charge in [-0.25, -0.2) is 0 Å². The summed E-state index contributed by atoms with van der Waals surface area (Å²) in [5, 5.41) is 4.05. The summed E-state index contributed by atoms with van der Waals surface area (Å²) in [5.74, 6) is 0. The lowest BCUT2D eigenvalue weighted by Crippen LogP contribution is -2.06. The van der Waals surface area contributed by atoms with Crippen molar-refractivity contribution in [1.82, 2.24) is 9.78 Å². The molecule has 0 unspecified atom stereocenters. The number of hydrogen-bond acceptors (Lipinski definition) is 2. The van der Waals surface area contributed by atoms with Gasteiger partial charge in [-0.05, 0) is 12.5 Å². The van der Waals surface area contributed by atoms with E-state index in [1.807, 2.05) is 16.9 Å². The molecule has 0 aromatic carbocycles. The van der Waals surface area contributed by atoms with Gasteiger partial charge in [0.15, 0.2) is 0 Å². The van der Waals surface area contributed by atoms with Gasteiger partial charge in [0, 0.05) is 19.0 Å². The number of aromatic nitrogens is 2. The molecule has 1 aromatic heterocycles. The van der Waals surface area contributed by atoms with Crippen LogP contribution in [0.3, 0.4) is 0 Å². The minimum Gasteiger partial charge on any atom is -0.380 e. The van der Waals surface area contributed by atoms with E-state index in [9.17, 15) is 0 Å². The lowest BCUT2D eigenvalue weighted by Gasteiger charge is -2.01. The SMILES string of the molecule is CCCOCCn1cccn1. The molecule has 0 aliphatic heterocycles. The van der Waals surface area contributed by atoms with Gasteiger partial charge in [0.2, 0.25) is 0 Å². The molecular formula is C8H14N2O. The Hall–Kier alpha value is -0.830. The normalized spacial score (nSPS) is 10.3. The molecule has 3 heteroatoms. The van der Waals surface area contributed by atoms with Crippen LogP contribution in [0.25, 0.3) is 0 Å². The third-order valence-corrected chi connectivity index (χ3v) is 1.37. The molecule has 1 aromatic rings. The van der Waals surface area contributed by atoms with Gasteiger partial charge >= 0.3 is 0 Å². The molecule has 1 heterocycles. The van der Waals surface area contributed by atoms with Crippen molar-refractivity contribution in [3.63, 3.8) is 0 Å². The van der Waals surface area contributed by atoms with Gasteiger partial charge in [0.25, 0.3) is 0 Å². The van der Waals surface area contributed by atoms with Gasteiger partial charge in [0.05, 0.1) is 13.2 Å². The highest BCUT2D eigenvalue weighted by atomic mass is 16.5. The van der Waals surface area contributed by atoms with Gasteiger partial charge in [-0.15, -0.1) is 0 Å². The van der Waals surface area contributed by atoms with E-state index in [4.69, 9.17) is 4.74 Å². The average molecular weight is 154 g/mol. The van der Waals surface area contributed by atoms with Crippen molar-refractivity contribution in [2.45, 2.75) is 19.9 Å². The minimum absolute atomic E-state index is 0.759. The van der Waals surface area contributed by atoms with Gasteiger partial charge in [-0.2, -0.15) is 5.10 Å². The van der Waals surface area contributed by atoms with E-state index in [2.05, 4.69) is 12.0 Å². The molecule has 62 valence electrons. The van der Waals surface area contributed by atoms with Gasteiger partial charge < -0.3 is 4.74 Å². The Labute approximate surface area is 67.0 Å². The van der Waals surface area contributed by atoms with Crippen LogP contribution < -0.4 is 0 Å². The average Bonchev–Trinajstić information content (AvgIpc) is 2.50. The predicted octanol–water partition coefficient (Wildman–Crippen LogP) is 1.31. The fraction of sp³-hybridized carbons (Fsp3) is 0.625. The summed E-state index contributed by atoms with van der Waals surface area (Å²) in [5.41, 5.74) is 0. The molecule has 0 N–H and O–H groups in total. The van der Waals surface area contributed by atoms with Crippen LogP contribution in [0.15, 0.2) is 18.5 Å². The first-order valence-electron chi connectivity index (χ1n) is 3.98. The monoisotopic (exact) mass is 154 g/mol. The summed E-state index contributed by atoms with van der Waals surface area (Å²) in [4.78, 5) is 0. The first-order valence-corrected chi connectivity index (χ1v) is 3.98. The number of hydrogen-bond donors (Lipinski definition) is 0. The number of nitrogens with zero attached hydrogens (tertiary/aromatic N) is 2. The standard InChI is InChI=1S/C8H14N2O/c1-2-7-11-8-6-10-5-3-4-9-10/h3-5H,2,6-8H2,1H3. The summed E-state index contributed by atoms with van der Waals surface area (Å²) >= 11 is 0. The highest BCUT2D eigenvalue weighted by Crippen LogP contribution is 1.86. The molecule has 0 saturated heterocycles. The van der Waals surface area contributed by atoms with Gasteiger partial charge in [-0.3, -0.25) is 4.68 Å². The van der Waals surface area contributed by atoms with Crippen LogP contribution in [0.5, 0.6) is 0 Å². The lowest BCUT2D eigenvalue weighted by atomic mass is 10.5. The second-order valence-electron chi connectivity index (χ2n) is 2.38. The van der Waals surface area contributed by atoms with Crippen LogP contribution >= 0.6 is 0 Å². The Morgan fingerprint density at radius 3 is 3.00 bits per heavy atom. The molecule has 0 aliphatic carbocycles. The van der Waals surface area contributed by atoms with Crippen LogP contribution in [-0.2, 0) is 11.3 Å². The summed E-state index contributed by atoms with van der Waals surface area (Å²) in [6.07, 6.45) is 4.80. The minimum atomic E-state index is 0.759. The molecule has 3 nitrogen and oxygen atoms in total. The topological polar surface area (TPSA) is 27.1 Å². The fourth-order valence-electron chi connectivity index (χ4n) is 0.837.